The fraction of sp³-hybridized carbons (Fsp3) is 0.950. The molecule has 1 N–H and O–H groups in total. The Morgan fingerprint density at radius 2 is 0.652 bits per heavy atom. The van der Waals surface area contributed by atoms with Crippen molar-refractivity contribution in [1.29, 1.82) is 0 Å². The van der Waals surface area contributed by atoms with Crippen molar-refractivity contribution in [2.75, 3.05) is 47.5 Å². The van der Waals surface area contributed by atoms with Crippen LogP contribution in [0.25, 0.3) is 0 Å². The standard InChI is InChI=1S/C60H117NO8/c1-6-8-10-12-14-16-18-20-22-24-26-27-28-29-30-31-32-33-35-37-39-41-43-45-47-49-51-58(63)69-56(55-68-60(59(64)65)66-53-52-61(3,4)5)54-67-57(62)50-48-46-44-42-40-38-36-34-25-23-21-19-17-15-13-11-9-7-2/h56,60H,6-55H2,1-5H3/p+1. The molecule has 0 aliphatic heterocycles. The van der Waals surface area contributed by atoms with E-state index in [2.05, 4.69) is 13.8 Å². The van der Waals surface area contributed by atoms with E-state index in [1.54, 1.807) is 0 Å². The molecule has 0 aromatic rings. The van der Waals surface area contributed by atoms with Crippen LogP contribution < -0.4 is 0 Å². The molecular formula is C60H118NO8+. The summed E-state index contributed by atoms with van der Waals surface area (Å²) in [4.78, 5) is 37.4. The largest absolute Gasteiger partial charge is 0.477 e. The monoisotopic (exact) mass is 981 g/mol. The Balaban J connectivity index is 4.14. The number of esters is 2. The van der Waals surface area contributed by atoms with Gasteiger partial charge in [-0.3, -0.25) is 9.59 Å². The van der Waals surface area contributed by atoms with Crippen LogP contribution in [-0.2, 0) is 33.3 Å². The predicted molar refractivity (Wildman–Crippen MR) is 291 cm³/mol. The summed E-state index contributed by atoms with van der Waals surface area (Å²) in [5, 5.41) is 9.70. The van der Waals surface area contributed by atoms with E-state index in [1.165, 1.54) is 244 Å². The summed E-state index contributed by atoms with van der Waals surface area (Å²) in [6.07, 6.45) is 56.1. The van der Waals surface area contributed by atoms with Gasteiger partial charge in [-0.1, -0.05) is 284 Å². The van der Waals surface area contributed by atoms with E-state index >= 15 is 0 Å². The average Bonchev–Trinajstić information content (AvgIpc) is 3.31. The molecule has 0 aromatic carbocycles. The molecule has 0 amide bonds. The number of carbonyl (C=O) groups excluding carboxylic acids is 2. The van der Waals surface area contributed by atoms with Gasteiger partial charge in [-0.05, 0) is 12.8 Å². The van der Waals surface area contributed by atoms with Crippen LogP contribution >= 0.6 is 0 Å². The number of rotatable bonds is 57. The van der Waals surface area contributed by atoms with Crippen molar-refractivity contribution < 1.29 is 42.9 Å². The van der Waals surface area contributed by atoms with Crippen LogP contribution in [0.15, 0.2) is 0 Å². The number of nitrogens with zero attached hydrogens (tertiary/aromatic N) is 1. The van der Waals surface area contributed by atoms with E-state index in [4.69, 9.17) is 18.9 Å². The molecule has 0 fully saturated rings. The maximum Gasteiger partial charge on any atom is 0.361 e. The van der Waals surface area contributed by atoms with E-state index < -0.39 is 18.4 Å². The summed E-state index contributed by atoms with van der Waals surface area (Å²) in [5.41, 5.74) is 0. The van der Waals surface area contributed by atoms with Crippen molar-refractivity contribution in [2.45, 2.75) is 322 Å². The third-order valence-electron chi connectivity index (χ3n) is 13.9. The highest BCUT2D eigenvalue weighted by molar-refractivity contribution is 5.71. The molecule has 0 aliphatic carbocycles. The Kier molecular flexibility index (Phi) is 51.3. The molecule has 9 nitrogen and oxygen atoms in total. The van der Waals surface area contributed by atoms with Gasteiger partial charge in [-0.15, -0.1) is 0 Å². The lowest BCUT2D eigenvalue weighted by molar-refractivity contribution is -0.870. The first kappa shape index (κ1) is 67.3. The molecule has 410 valence electrons. The highest BCUT2D eigenvalue weighted by Gasteiger charge is 2.25. The smallest absolute Gasteiger partial charge is 0.361 e. The van der Waals surface area contributed by atoms with E-state index in [0.717, 1.165) is 38.5 Å². The number of unbranched alkanes of at least 4 members (excludes halogenated alkanes) is 42. The summed E-state index contributed by atoms with van der Waals surface area (Å²) < 4.78 is 22.9. The molecule has 0 rings (SSSR count). The minimum Gasteiger partial charge on any atom is -0.477 e. The predicted octanol–water partition coefficient (Wildman–Crippen LogP) is 17.6. The number of ether oxygens (including phenoxy) is 4. The Labute approximate surface area is 428 Å². The van der Waals surface area contributed by atoms with Gasteiger partial charge in [-0.2, -0.15) is 0 Å². The first-order chi connectivity index (χ1) is 33.6. The van der Waals surface area contributed by atoms with Crippen LogP contribution in [-0.4, -0.2) is 87.4 Å². The third-order valence-corrected chi connectivity index (χ3v) is 13.9. The van der Waals surface area contributed by atoms with Crippen LogP contribution in [0, 0.1) is 0 Å². The Hall–Kier alpha value is -1.71. The minimum atomic E-state index is -1.50. The number of likely N-dealkylation sites (N-methyl/N-ethyl adjacent to an activating group) is 1. The normalized spacial score (nSPS) is 12.7. The number of hydrogen-bond acceptors (Lipinski definition) is 7. The number of quaternary nitrogens is 1. The zero-order chi connectivity index (χ0) is 50.6. The van der Waals surface area contributed by atoms with Crippen molar-refractivity contribution in [3.63, 3.8) is 0 Å². The molecular weight excluding hydrogens is 863 g/mol. The molecule has 0 spiro atoms. The number of carbonyl (C=O) groups is 3. The van der Waals surface area contributed by atoms with Gasteiger partial charge in [0.15, 0.2) is 6.10 Å². The Bertz CT molecular complexity index is 1100. The van der Waals surface area contributed by atoms with Gasteiger partial charge >= 0.3 is 17.9 Å². The van der Waals surface area contributed by atoms with Gasteiger partial charge in [0.2, 0.25) is 0 Å². The van der Waals surface area contributed by atoms with Crippen LogP contribution in [0.2, 0.25) is 0 Å². The van der Waals surface area contributed by atoms with Crippen LogP contribution in [0.5, 0.6) is 0 Å². The van der Waals surface area contributed by atoms with Crippen molar-refractivity contribution in [1.82, 2.24) is 0 Å². The van der Waals surface area contributed by atoms with Gasteiger partial charge < -0.3 is 28.5 Å². The highest BCUT2D eigenvalue weighted by Crippen LogP contribution is 2.18. The molecule has 0 radical (unpaired) electrons. The first-order valence-electron chi connectivity index (χ1n) is 30.2. The van der Waals surface area contributed by atoms with Gasteiger partial charge in [0.1, 0.15) is 13.2 Å². The minimum absolute atomic E-state index is 0.172. The summed E-state index contributed by atoms with van der Waals surface area (Å²) in [7, 11) is 5.98. The molecule has 2 atom stereocenters. The van der Waals surface area contributed by atoms with Gasteiger partial charge in [-0.25, -0.2) is 4.79 Å². The second-order valence-corrected chi connectivity index (χ2v) is 22.0. The van der Waals surface area contributed by atoms with E-state index in [9.17, 15) is 19.5 Å². The molecule has 9 heteroatoms. The average molecular weight is 982 g/mol. The summed E-state index contributed by atoms with van der Waals surface area (Å²) >= 11 is 0. The molecule has 0 aromatic heterocycles. The lowest BCUT2D eigenvalue weighted by Gasteiger charge is -2.25. The summed E-state index contributed by atoms with van der Waals surface area (Å²) in [6, 6.07) is 0. The van der Waals surface area contributed by atoms with Crippen molar-refractivity contribution in [3.8, 4) is 0 Å². The second-order valence-electron chi connectivity index (χ2n) is 22.0. The van der Waals surface area contributed by atoms with Crippen molar-refractivity contribution >= 4 is 17.9 Å². The highest BCUT2D eigenvalue weighted by atomic mass is 16.7. The number of carboxylic acid groups (broad SMARTS) is 1. The third kappa shape index (κ3) is 53.9. The zero-order valence-electron chi connectivity index (χ0n) is 46.8. The summed E-state index contributed by atoms with van der Waals surface area (Å²) in [5.74, 6) is -1.97. The maximum absolute atomic E-state index is 12.9. The fourth-order valence-corrected chi connectivity index (χ4v) is 9.19. The number of aliphatic carboxylic acids is 1. The van der Waals surface area contributed by atoms with Crippen LogP contribution in [0.4, 0.5) is 0 Å². The number of hydrogen-bond donors (Lipinski definition) is 1. The van der Waals surface area contributed by atoms with Crippen molar-refractivity contribution in [2.24, 2.45) is 0 Å². The molecule has 0 heterocycles. The SMILES string of the molecule is CCCCCCCCCCCCCCCCCCCCCCCCCCCCC(=O)OC(COC(=O)CCCCCCCCCCCCCCCCCCCC)COC(OCC[N+](C)(C)C)C(=O)O. The quantitative estimate of drug-likeness (QED) is 0.0278. The Morgan fingerprint density at radius 3 is 0.928 bits per heavy atom. The van der Waals surface area contributed by atoms with Crippen molar-refractivity contribution in [3.05, 3.63) is 0 Å². The fourth-order valence-electron chi connectivity index (χ4n) is 9.19. The first-order valence-corrected chi connectivity index (χ1v) is 30.2. The summed E-state index contributed by atoms with van der Waals surface area (Å²) in [6.45, 7) is 4.95. The number of carboxylic acids is 1. The second kappa shape index (κ2) is 52.6. The molecule has 2 unspecified atom stereocenters. The van der Waals surface area contributed by atoms with E-state index in [-0.39, 0.29) is 38.2 Å². The molecule has 69 heavy (non-hydrogen) atoms. The zero-order valence-corrected chi connectivity index (χ0v) is 46.8. The lowest BCUT2D eigenvalue weighted by atomic mass is 10.0. The van der Waals surface area contributed by atoms with Gasteiger partial charge in [0.05, 0.1) is 34.4 Å². The molecule has 0 bridgehead atoms. The van der Waals surface area contributed by atoms with Crippen LogP contribution in [0.1, 0.15) is 309 Å². The van der Waals surface area contributed by atoms with E-state index in [0.29, 0.717) is 17.4 Å². The molecule has 0 saturated carbocycles. The topological polar surface area (TPSA) is 108 Å². The lowest BCUT2D eigenvalue weighted by Crippen LogP contribution is -2.40. The maximum atomic E-state index is 12.9. The Morgan fingerprint density at radius 1 is 0.377 bits per heavy atom. The van der Waals surface area contributed by atoms with E-state index in [1.807, 2.05) is 21.1 Å². The van der Waals surface area contributed by atoms with Crippen LogP contribution in [0.3, 0.4) is 0 Å². The van der Waals surface area contributed by atoms with Gasteiger partial charge in [0.25, 0.3) is 6.29 Å². The van der Waals surface area contributed by atoms with Gasteiger partial charge in [0, 0.05) is 12.8 Å². The molecule has 0 aliphatic rings. The molecule has 0 saturated heterocycles.